The topological polar surface area (TPSA) is 64.9 Å². The lowest BCUT2D eigenvalue weighted by molar-refractivity contribution is 0.306. The third kappa shape index (κ3) is 4.06. The zero-order valence-corrected chi connectivity index (χ0v) is 13.2. The van der Waals surface area contributed by atoms with Gasteiger partial charge in [0.05, 0.1) is 0 Å². The summed E-state index contributed by atoms with van der Waals surface area (Å²) in [7, 11) is 1.80. The summed E-state index contributed by atoms with van der Waals surface area (Å²) in [4.78, 5) is 0. The second-order valence-electron chi connectivity index (χ2n) is 5.40. The minimum atomic E-state index is 0.561. The lowest BCUT2D eigenvalue weighted by Crippen LogP contribution is -2.06. The van der Waals surface area contributed by atoms with Gasteiger partial charge in [0.15, 0.2) is 0 Å². The molecule has 0 fully saturated rings. The molecule has 6 heteroatoms. The van der Waals surface area contributed by atoms with Crippen molar-refractivity contribution in [2.45, 2.75) is 20.1 Å². The molecule has 0 radical (unpaired) electrons. The second kappa shape index (κ2) is 6.91. The summed E-state index contributed by atoms with van der Waals surface area (Å²) < 4.78 is 7.47. The molecule has 23 heavy (non-hydrogen) atoms. The molecule has 1 aromatic heterocycles. The van der Waals surface area contributed by atoms with E-state index in [-0.39, 0.29) is 0 Å². The van der Waals surface area contributed by atoms with Gasteiger partial charge in [-0.2, -0.15) is 0 Å². The van der Waals surface area contributed by atoms with Crippen molar-refractivity contribution in [2.75, 3.05) is 5.32 Å². The highest BCUT2D eigenvalue weighted by Crippen LogP contribution is 2.16. The largest absolute Gasteiger partial charge is 0.489 e. The van der Waals surface area contributed by atoms with Gasteiger partial charge in [-0.15, -0.1) is 0 Å². The maximum absolute atomic E-state index is 5.88. The maximum atomic E-state index is 5.88. The van der Waals surface area contributed by atoms with Crippen LogP contribution in [0.3, 0.4) is 0 Å². The fourth-order valence-electron chi connectivity index (χ4n) is 2.27. The van der Waals surface area contributed by atoms with Crippen molar-refractivity contribution in [3.63, 3.8) is 0 Å². The van der Waals surface area contributed by atoms with Crippen molar-refractivity contribution in [2.24, 2.45) is 7.05 Å². The van der Waals surface area contributed by atoms with Crippen LogP contribution in [0.15, 0.2) is 48.5 Å². The van der Waals surface area contributed by atoms with E-state index in [0.717, 1.165) is 11.3 Å². The fraction of sp³-hybridized carbons (Fsp3) is 0.235. The first kappa shape index (κ1) is 15.0. The van der Waals surface area contributed by atoms with Crippen LogP contribution in [0, 0.1) is 6.92 Å². The molecular formula is C17H19N5O. The molecule has 0 saturated carbocycles. The standard InChI is InChI=1S/C17H19N5O/c1-13-5-3-7-15(9-13)12-23-16-8-4-6-14(10-16)11-18-17-19-20-21-22(17)2/h3-10H,11-12H2,1-2H3,(H,18,19,21). The van der Waals surface area contributed by atoms with Crippen LogP contribution < -0.4 is 10.1 Å². The Morgan fingerprint density at radius 3 is 2.70 bits per heavy atom. The second-order valence-corrected chi connectivity index (χ2v) is 5.40. The molecule has 1 heterocycles. The van der Waals surface area contributed by atoms with Crippen LogP contribution in [-0.2, 0) is 20.2 Å². The number of ether oxygens (including phenoxy) is 1. The molecule has 0 amide bonds. The molecule has 3 aromatic rings. The Morgan fingerprint density at radius 2 is 1.91 bits per heavy atom. The minimum Gasteiger partial charge on any atom is -0.489 e. The zero-order chi connectivity index (χ0) is 16.1. The molecule has 118 valence electrons. The van der Waals surface area contributed by atoms with Crippen LogP contribution in [0.25, 0.3) is 0 Å². The van der Waals surface area contributed by atoms with E-state index in [0.29, 0.717) is 19.1 Å². The highest BCUT2D eigenvalue weighted by molar-refractivity contribution is 5.32. The highest BCUT2D eigenvalue weighted by atomic mass is 16.5. The first-order valence-corrected chi connectivity index (χ1v) is 7.44. The van der Waals surface area contributed by atoms with Gasteiger partial charge in [0.1, 0.15) is 12.4 Å². The van der Waals surface area contributed by atoms with Crippen molar-refractivity contribution >= 4 is 5.95 Å². The van der Waals surface area contributed by atoms with Gasteiger partial charge in [-0.05, 0) is 40.6 Å². The van der Waals surface area contributed by atoms with Crippen LogP contribution in [0.2, 0.25) is 0 Å². The first-order valence-electron chi connectivity index (χ1n) is 7.44. The van der Waals surface area contributed by atoms with Crippen LogP contribution >= 0.6 is 0 Å². The van der Waals surface area contributed by atoms with Crippen molar-refractivity contribution in [3.05, 3.63) is 65.2 Å². The summed E-state index contributed by atoms with van der Waals surface area (Å²) >= 11 is 0. The van der Waals surface area contributed by atoms with Gasteiger partial charge in [-0.3, -0.25) is 0 Å². The van der Waals surface area contributed by atoms with Crippen LogP contribution in [0.1, 0.15) is 16.7 Å². The van der Waals surface area contributed by atoms with Gasteiger partial charge < -0.3 is 10.1 Å². The van der Waals surface area contributed by atoms with E-state index in [4.69, 9.17) is 4.74 Å². The summed E-state index contributed by atoms with van der Waals surface area (Å²) in [5, 5.41) is 14.5. The summed E-state index contributed by atoms with van der Waals surface area (Å²) in [6, 6.07) is 16.3. The molecule has 1 N–H and O–H groups in total. The van der Waals surface area contributed by atoms with E-state index in [1.807, 2.05) is 30.3 Å². The van der Waals surface area contributed by atoms with E-state index >= 15 is 0 Å². The van der Waals surface area contributed by atoms with Crippen LogP contribution in [0.5, 0.6) is 5.75 Å². The third-order valence-corrected chi connectivity index (χ3v) is 3.46. The van der Waals surface area contributed by atoms with Gasteiger partial charge in [0.25, 0.3) is 0 Å². The summed E-state index contributed by atoms with van der Waals surface area (Å²) in [5.41, 5.74) is 3.51. The fourth-order valence-corrected chi connectivity index (χ4v) is 2.27. The smallest absolute Gasteiger partial charge is 0.242 e. The minimum absolute atomic E-state index is 0.561. The first-order chi connectivity index (χ1) is 11.2. The zero-order valence-electron chi connectivity index (χ0n) is 13.2. The van der Waals surface area contributed by atoms with Crippen molar-refractivity contribution in [3.8, 4) is 5.75 Å². The summed E-state index contributed by atoms with van der Waals surface area (Å²) in [5.74, 6) is 1.48. The van der Waals surface area contributed by atoms with E-state index in [2.05, 4.69) is 46.0 Å². The molecule has 0 aliphatic carbocycles. The molecule has 0 bridgehead atoms. The SMILES string of the molecule is Cc1cccc(COc2cccc(CNc3nnnn3C)c2)c1. The van der Waals surface area contributed by atoms with Gasteiger partial charge >= 0.3 is 0 Å². The van der Waals surface area contributed by atoms with Crippen molar-refractivity contribution < 1.29 is 4.74 Å². The molecular weight excluding hydrogens is 290 g/mol. The molecule has 3 rings (SSSR count). The van der Waals surface area contributed by atoms with E-state index < -0.39 is 0 Å². The Labute approximate surface area is 135 Å². The lowest BCUT2D eigenvalue weighted by atomic mass is 10.1. The monoisotopic (exact) mass is 309 g/mol. The quantitative estimate of drug-likeness (QED) is 0.758. The summed E-state index contributed by atoms with van der Waals surface area (Å²) in [6.07, 6.45) is 0. The number of hydrogen-bond donors (Lipinski definition) is 1. The molecule has 0 atom stereocenters. The lowest BCUT2D eigenvalue weighted by Gasteiger charge is -2.09. The molecule has 0 saturated heterocycles. The van der Waals surface area contributed by atoms with E-state index in [1.165, 1.54) is 11.1 Å². The molecule has 0 aliphatic heterocycles. The Bertz CT molecular complexity index is 784. The third-order valence-electron chi connectivity index (χ3n) is 3.46. The Morgan fingerprint density at radius 1 is 1.09 bits per heavy atom. The Hall–Kier alpha value is -2.89. The number of benzene rings is 2. The van der Waals surface area contributed by atoms with Gasteiger partial charge in [0.2, 0.25) is 5.95 Å². The van der Waals surface area contributed by atoms with E-state index in [1.54, 1.807) is 11.7 Å². The van der Waals surface area contributed by atoms with Crippen LogP contribution in [0.4, 0.5) is 5.95 Å². The number of rotatable bonds is 6. The van der Waals surface area contributed by atoms with Crippen LogP contribution in [-0.4, -0.2) is 20.2 Å². The normalized spacial score (nSPS) is 10.5. The molecule has 0 spiro atoms. The number of tetrazole rings is 1. The Kier molecular flexibility index (Phi) is 4.52. The predicted molar refractivity (Wildman–Crippen MR) is 88.1 cm³/mol. The van der Waals surface area contributed by atoms with E-state index in [9.17, 15) is 0 Å². The van der Waals surface area contributed by atoms with Gasteiger partial charge in [-0.1, -0.05) is 47.1 Å². The number of hydrogen-bond acceptors (Lipinski definition) is 5. The Balaban J connectivity index is 1.60. The molecule has 0 unspecified atom stereocenters. The average Bonchev–Trinajstić information content (AvgIpc) is 2.97. The number of nitrogens with one attached hydrogen (secondary N) is 1. The molecule has 2 aromatic carbocycles. The molecule has 0 aliphatic rings. The molecule has 6 nitrogen and oxygen atoms in total. The maximum Gasteiger partial charge on any atom is 0.242 e. The van der Waals surface area contributed by atoms with Gasteiger partial charge in [-0.25, -0.2) is 4.68 Å². The highest BCUT2D eigenvalue weighted by Gasteiger charge is 2.02. The summed E-state index contributed by atoms with van der Waals surface area (Å²) in [6.45, 7) is 3.28. The number of aromatic nitrogens is 4. The number of aryl methyl sites for hydroxylation is 2. The predicted octanol–water partition coefficient (Wildman–Crippen LogP) is 2.71. The van der Waals surface area contributed by atoms with Crippen molar-refractivity contribution in [1.82, 2.24) is 20.2 Å². The number of nitrogens with zero attached hydrogens (tertiary/aromatic N) is 4. The number of anilines is 1. The average molecular weight is 309 g/mol. The van der Waals surface area contributed by atoms with Crippen molar-refractivity contribution in [1.29, 1.82) is 0 Å². The van der Waals surface area contributed by atoms with Gasteiger partial charge in [0, 0.05) is 13.6 Å².